The number of nitrogens with one attached hydrogen (secondary N) is 1. The van der Waals surface area contributed by atoms with Crippen LogP contribution in [-0.4, -0.2) is 56.1 Å². The molecule has 0 aromatic heterocycles. The summed E-state index contributed by atoms with van der Waals surface area (Å²) in [7, 11) is 3.26. The molecule has 1 heterocycles. The first-order valence-corrected chi connectivity index (χ1v) is 9.62. The molecule has 6 nitrogen and oxygen atoms in total. The Labute approximate surface area is 171 Å². The van der Waals surface area contributed by atoms with Crippen LogP contribution in [0.2, 0.25) is 0 Å². The van der Waals surface area contributed by atoms with Gasteiger partial charge in [-0.25, -0.2) is 4.39 Å². The third-order valence-electron chi connectivity index (χ3n) is 5.04. The van der Waals surface area contributed by atoms with Gasteiger partial charge in [-0.15, -0.1) is 0 Å². The Morgan fingerprint density at radius 1 is 1.14 bits per heavy atom. The van der Waals surface area contributed by atoms with E-state index in [-0.39, 0.29) is 11.6 Å². The van der Waals surface area contributed by atoms with Gasteiger partial charge in [-0.3, -0.25) is 9.89 Å². The monoisotopic (exact) mass is 395 g/mol. The van der Waals surface area contributed by atoms with Crippen molar-refractivity contribution in [2.24, 2.45) is 4.99 Å². The Balaban J connectivity index is 1.49. The van der Waals surface area contributed by atoms with E-state index < -0.39 is 0 Å². The molecule has 1 aliphatic heterocycles. The Kier molecular flexibility index (Phi) is 7.04. The molecule has 2 aromatic rings. The van der Waals surface area contributed by atoms with Crippen molar-refractivity contribution in [1.29, 1.82) is 5.26 Å². The van der Waals surface area contributed by atoms with Crippen LogP contribution in [0.3, 0.4) is 0 Å². The highest BCUT2D eigenvalue weighted by molar-refractivity contribution is 5.80. The topological polar surface area (TPSA) is 63.9 Å². The molecule has 0 radical (unpaired) electrons. The summed E-state index contributed by atoms with van der Waals surface area (Å²) in [6.45, 7) is 4.84. The summed E-state index contributed by atoms with van der Waals surface area (Å²) in [6.07, 6.45) is 0. The molecule has 0 atom stereocenters. The van der Waals surface area contributed by atoms with Gasteiger partial charge in [0.15, 0.2) is 17.5 Å². The first-order chi connectivity index (χ1) is 14.1. The van der Waals surface area contributed by atoms with Crippen LogP contribution in [0, 0.1) is 17.1 Å². The molecule has 1 N–H and O–H groups in total. The van der Waals surface area contributed by atoms with Crippen LogP contribution < -0.4 is 10.1 Å². The van der Waals surface area contributed by atoms with E-state index in [1.54, 1.807) is 19.2 Å². The molecule has 1 aliphatic rings. The fraction of sp³-hybridized carbons (Fsp3) is 0.364. The zero-order chi connectivity index (χ0) is 20.6. The van der Waals surface area contributed by atoms with Gasteiger partial charge in [0.25, 0.3) is 0 Å². The number of nitriles is 1. The zero-order valence-electron chi connectivity index (χ0n) is 16.9. The molecule has 0 saturated carbocycles. The number of hydrogen-bond acceptors (Lipinski definition) is 4. The van der Waals surface area contributed by atoms with Crippen molar-refractivity contribution in [2.45, 2.75) is 13.1 Å². The minimum atomic E-state index is -0.323. The molecule has 0 bridgehead atoms. The van der Waals surface area contributed by atoms with E-state index in [0.717, 1.165) is 43.3 Å². The second-order valence-electron chi connectivity index (χ2n) is 6.94. The number of halogens is 1. The molecule has 2 aromatic carbocycles. The molecule has 0 amide bonds. The lowest BCUT2D eigenvalue weighted by Crippen LogP contribution is -2.52. The van der Waals surface area contributed by atoms with Crippen LogP contribution in [0.1, 0.15) is 16.7 Å². The molecule has 1 fully saturated rings. The molecule has 0 spiro atoms. The average Bonchev–Trinajstić information content (AvgIpc) is 2.76. The summed E-state index contributed by atoms with van der Waals surface area (Å²) in [5.74, 6) is 0.816. The van der Waals surface area contributed by atoms with E-state index in [0.29, 0.717) is 18.7 Å². The number of nitrogens with zero attached hydrogens (tertiary/aromatic N) is 4. The maximum absolute atomic E-state index is 13.9. The minimum Gasteiger partial charge on any atom is -0.494 e. The third kappa shape index (κ3) is 5.46. The SMILES string of the molecule is CN=C(NCc1ccc(C#N)cc1)N1CCN(Cc2ccc(OC)c(F)c2)CC1. The Hall–Kier alpha value is -3.11. The largest absolute Gasteiger partial charge is 0.494 e. The summed E-state index contributed by atoms with van der Waals surface area (Å²) >= 11 is 0. The van der Waals surface area contributed by atoms with Gasteiger partial charge in [0.05, 0.1) is 18.7 Å². The third-order valence-corrected chi connectivity index (χ3v) is 5.04. The maximum atomic E-state index is 13.9. The maximum Gasteiger partial charge on any atom is 0.194 e. The molecule has 0 aliphatic carbocycles. The number of methoxy groups -OCH3 is 1. The lowest BCUT2D eigenvalue weighted by atomic mass is 10.1. The van der Waals surface area contributed by atoms with Gasteiger partial charge in [-0.1, -0.05) is 18.2 Å². The second kappa shape index (κ2) is 9.89. The molecular formula is C22H26FN5O. The van der Waals surface area contributed by atoms with Crippen LogP contribution in [0.5, 0.6) is 5.75 Å². The molecule has 7 heteroatoms. The number of ether oxygens (including phenoxy) is 1. The van der Waals surface area contributed by atoms with Crippen molar-refractivity contribution < 1.29 is 9.13 Å². The van der Waals surface area contributed by atoms with Gasteiger partial charge < -0.3 is 15.0 Å². The van der Waals surface area contributed by atoms with E-state index in [1.807, 2.05) is 30.3 Å². The first-order valence-electron chi connectivity index (χ1n) is 9.62. The molecule has 29 heavy (non-hydrogen) atoms. The van der Waals surface area contributed by atoms with Crippen molar-refractivity contribution in [1.82, 2.24) is 15.1 Å². The molecule has 152 valence electrons. The molecule has 3 rings (SSSR count). The summed E-state index contributed by atoms with van der Waals surface area (Å²) < 4.78 is 18.9. The number of aliphatic imine (C=N–C) groups is 1. The summed E-state index contributed by atoms with van der Waals surface area (Å²) in [5, 5.41) is 12.3. The van der Waals surface area contributed by atoms with E-state index in [2.05, 4.69) is 26.2 Å². The number of benzene rings is 2. The first kappa shape index (κ1) is 20.6. The minimum absolute atomic E-state index is 0.274. The fourth-order valence-corrected chi connectivity index (χ4v) is 3.39. The summed E-state index contributed by atoms with van der Waals surface area (Å²) in [4.78, 5) is 8.94. The van der Waals surface area contributed by atoms with Crippen molar-refractivity contribution in [3.8, 4) is 11.8 Å². The standard InChI is InChI=1S/C22H26FN5O/c1-25-22(26-15-18-5-3-17(14-24)4-6-18)28-11-9-27(10-12-28)16-19-7-8-21(29-2)20(23)13-19/h3-8,13H,9-12,15-16H2,1-2H3,(H,25,26). The average molecular weight is 395 g/mol. The van der Waals surface area contributed by atoms with Crippen molar-refractivity contribution >= 4 is 5.96 Å². The predicted octanol–water partition coefficient (Wildman–Crippen LogP) is 2.60. The van der Waals surface area contributed by atoms with Gasteiger partial charge in [0.2, 0.25) is 0 Å². The van der Waals surface area contributed by atoms with Gasteiger partial charge in [-0.05, 0) is 35.4 Å². The number of rotatable bonds is 5. The molecule has 0 unspecified atom stereocenters. The van der Waals surface area contributed by atoms with Gasteiger partial charge >= 0.3 is 0 Å². The molecular weight excluding hydrogens is 369 g/mol. The van der Waals surface area contributed by atoms with Crippen molar-refractivity contribution in [3.63, 3.8) is 0 Å². The second-order valence-corrected chi connectivity index (χ2v) is 6.94. The number of piperazine rings is 1. The van der Waals surface area contributed by atoms with Crippen molar-refractivity contribution in [2.75, 3.05) is 40.3 Å². The lowest BCUT2D eigenvalue weighted by Gasteiger charge is -2.36. The van der Waals surface area contributed by atoms with E-state index in [4.69, 9.17) is 10.00 Å². The highest BCUT2D eigenvalue weighted by Crippen LogP contribution is 2.19. The Morgan fingerprint density at radius 3 is 2.41 bits per heavy atom. The number of hydrogen-bond donors (Lipinski definition) is 1. The quantitative estimate of drug-likeness (QED) is 0.623. The summed E-state index contributed by atoms with van der Waals surface area (Å²) in [5.41, 5.74) is 2.70. The van der Waals surface area contributed by atoms with Crippen LogP contribution in [0.4, 0.5) is 4.39 Å². The summed E-state index contributed by atoms with van der Waals surface area (Å²) in [6, 6.07) is 14.8. The van der Waals surface area contributed by atoms with Crippen LogP contribution in [0.25, 0.3) is 0 Å². The fourth-order valence-electron chi connectivity index (χ4n) is 3.39. The molecule has 1 saturated heterocycles. The van der Waals surface area contributed by atoms with Gasteiger partial charge in [-0.2, -0.15) is 5.26 Å². The van der Waals surface area contributed by atoms with Crippen LogP contribution in [-0.2, 0) is 13.1 Å². The van der Waals surface area contributed by atoms with Gasteiger partial charge in [0.1, 0.15) is 0 Å². The smallest absolute Gasteiger partial charge is 0.194 e. The van der Waals surface area contributed by atoms with Gasteiger partial charge in [0, 0.05) is 46.3 Å². The number of guanidine groups is 1. The van der Waals surface area contributed by atoms with E-state index in [9.17, 15) is 4.39 Å². The van der Waals surface area contributed by atoms with Crippen LogP contribution in [0.15, 0.2) is 47.5 Å². The van der Waals surface area contributed by atoms with Crippen molar-refractivity contribution in [3.05, 3.63) is 65.0 Å². The van der Waals surface area contributed by atoms with E-state index in [1.165, 1.54) is 7.11 Å². The van der Waals surface area contributed by atoms with E-state index >= 15 is 0 Å². The zero-order valence-corrected chi connectivity index (χ0v) is 16.9. The Bertz CT molecular complexity index is 883. The van der Waals surface area contributed by atoms with Crippen LogP contribution >= 0.6 is 0 Å². The highest BCUT2D eigenvalue weighted by atomic mass is 19.1. The lowest BCUT2D eigenvalue weighted by molar-refractivity contribution is 0.172. The Morgan fingerprint density at radius 2 is 1.83 bits per heavy atom. The normalized spacial score (nSPS) is 15.1. The highest BCUT2D eigenvalue weighted by Gasteiger charge is 2.20. The predicted molar refractivity (Wildman–Crippen MR) is 111 cm³/mol.